The molecule has 6 heteroatoms. The van der Waals surface area contributed by atoms with Crippen molar-refractivity contribution in [2.75, 3.05) is 38.6 Å². The van der Waals surface area contributed by atoms with Crippen molar-refractivity contribution in [3.05, 3.63) is 59.7 Å². The molecule has 0 aromatic heterocycles. The van der Waals surface area contributed by atoms with Gasteiger partial charge >= 0.3 is 0 Å². The Hall–Kier alpha value is -2.86. The Kier molecular flexibility index (Phi) is 6.08. The van der Waals surface area contributed by atoms with E-state index in [9.17, 15) is 9.59 Å². The Balaban J connectivity index is 1.52. The average molecular weight is 367 g/mol. The zero-order valence-electron chi connectivity index (χ0n) is 15.8. The van der Waals surface area contributed by atoms with E-state index >= 15 is 0 Å². The van der Waals surface area contributed by atoms with Crippen LogP contribution in [0.1, 0.15) is 11.1 Å². The molecular weight excluding hydrogens is 342 g/mol. The molecule has 0 bridgehead atoms. The van der Waals surface area contributed by atoms with Gasteiger partial charge in [-0.3, -0.25) is 14.5 Å². The summed E-state index contributed by atoms with van der Waals surface area (Å²) < 4.78 is 5.24. The van der Waals surface area contributed by atoms with Crippen LogP contribution in [0.15, 0.2) is 48.5 Å². The number of rotatable bonds is 6. The summed E-state index contributed by atoms with van der Waals surface area (Å²) in [6.07, 6.45) is 0. The minimum Gasteiger partial charge on any atom is -0.495 e. The number of nitrogens with zero attached hydrogens (tertiary/aromatic N) is 2. The minimum atomic E-state index is -0.153. The zero-order valence-corrected chi connectivity index (χ0v) is 15.8. The van der Waals surface area contributed by atoms with Crippen molar-refractivity contribution in [2.24, 2.45) is 0 Å². The van der Waals surface area contributed by atoms with Crippen molar-refractivity contribution in [1.82, 2.24) is 9.80 Å². The van der Waals surface area contributed by atoms with Gasteiger partial charge in [-0.2, -0.15) is 0 Å². The summed E-state index contributed by atoms with van der Waals surface area (Å²) in [5, 5.41) is 2.85. The number of carbonyl (C=O) groups is 2. The number of carbonyl (C=O) groups excluding carboxylic acids is 2. The van der Waals surface area contributed by atoms with Crippen molar-refractivity contribution < 1.29 is 14.3 Å². The van der Waals surface area contributed by atoms with Gasteiger partial charge in [-0.05, 0) is 24.6 Å². The lowest BCUT2D eigenvalue weighted by atomic mass is 10.1. The molecule has 27 heavy (non-hydrogen) atoms. The van der Waals surface area contributed by atoms with Crippen molar-refractivity contribution in [2.45, 2.75) is 13.5 Å². The van der Waals surface area contributed by atoms with E-state index < -0.39 is 0 Å². The molecule has 1 fully saturated rings. The summed E-state index contributed by atoms with van der Waals surface area (Å²) in [5.74, 6) is 0.511. The van der Waals surface area contributed by atoms with Gasteiger partial charge in [-0.1, -0.05) is 42.0 Å². The average Bonchev–Trinajstić information content (AvgIpc) is 2.64. The van der Waals surface area contributed by atoms with Gasteiger partial charge in [0.1, 0.15) is 5.75 Å². The normalized spacial score (nSPS) is 14.9. The molecule has 0 radical (unpaired) electrons. The molecule has 1 heterocycles. The highest BCUT2D eigenvalue weighted by atomic mass is 16.5. The molecule has 1 aliphatic heterocycles. The molecule has 2 amide bonds. The number of benzene rings is 2. The monoisotopic (exact) mass is 367 g/mol. The summed E-state index contributed by atoms with van der Waals surface area (Å²) >= 11 is 0. The smallest absolute Gasteiger partial charge is 0.238 e. The number of amides is 2. The number of anilines is 1. The first kappa shape index (κ1) is 18.9. The second-order valence-electron chi connectivity index (χ2n) is 6.76. The van der Waals surface area contributed by atoms with Crippen LogP contribution in [0.3, 0.4) is 0 Å². The van der Waals surface area contributed by atoms with Crippen LogP contribution in [0, 0.1) is 6.92 Å². The Labute approximate surface area is 159 Å². The highest BCUT2D eigenvalue weighted by Gasteiger charge is 2.25. The third kappa shape index (κ3) is 5.08. The molecule has 142 valence electrons. The molecule has 1 N–H and O–H groups in total. The third-order valence-electron chi connectivity index (χ3n) is 4.60. The standard InChI is InChI=1S/C21H25N3O3/c1-16-6-5-7-17(12-16)13-24-11-10-23(15-21(24)26)14-20(25)22-18-8-3-4-9-19(18)27-2/h3-9,12H,10-11,13-15H2,1-2H3,(H,22,25). The third-order valence-corrected chi connectivity index (χ3v) is 4.60. The van der Waals surface area contributed by atoms with Gasteiger partial charge in [0, 0.05) is 19.6 Å². The SMILES string of the molecule is COc1ccccc1NC(=O)CN1CCN(Cc2cccc(C)c2)C(=O)C1. The van der Waals surface area contributed by atoms with Gasteiger partial charge in [0.15, 0.2) is 0 Å². The molecule has 1 aliphatic rings. The molecule has 2 aromatic rings. The van der Waals surface area contributed by atoms with Gasteiger partial charge in [-0.15, -0.1) is 0 Å². The van der Waals surface area contributed by atoms with Crippen LogP contribution in [0.5, 0.6) is 5.75 Å². The second kappa shape index (κ2) is 8.68. The summed E-state index contributed by atoms with van der Waals surface area (Å²) in [6.45, 7) is 4.39. The minimum absolute atomic E-state index is 0.0489. The summed E-state index contributed by atoms with van der Waals surface area (Å²) in [7, 11) is 1.57. The maximum Gasteiger partial charge on any atom is 0.238 e. The molecule has 6 nitrogen and oxygen atoms in total. The molecule has 0 unspecified atom stereocenters. The first-order chi connectivity index (χ1) is 13.0. The zero-order chi connectivity index (χ0) is 19.2. The topological polar surface area (TPSA) is 61.9 Å². The van der Waals surface area contributed by atoms with E-state index in [1.807, 2.05) is 47.1 Å². The van der Waals surface area contributed by atoms with Gasteiger partial charge in [0.2, 0.25) is 11.8 Å². The second-order valence-corrected chi connectivity index (χ2v) is 6.76. The molecule has 0 aliphatic carbocycles. The van der Waals surface area contributed by atoms with Crippen molar-refractivity contribution in [3.8, 4) is 5.75 Å². The van der Waals surface area contributed by atoms with E-state index in [0.29, 0.717) is 31.1 Å². The molecule has 0 atom stereocenters. The summed E-state index contributed by atoms with van der Waals surface area (Å²) in [4.78, 5) is 28.5. The van der Waals surface area contributed by atoms with Crippen LogP contribution >= 0.6 is 0 Å². The first-order valence-electron chi connectivity index (χ1n) is 9.03. The van der Waals surface area contributed by atoms with Crippen LogP contribution in [-0.2, 0) is 16.1 Å². The predicted octanol–water partition coefficient (Wildman–Crippen LogP) is 2.29. The molecular formula is C21H25N3O3. The van der Waals surface area contributed by atoms with E-state index in [0.717, 1.165) is 5.56 Å². The largest absolute Gasteiger partial charge is 0.495 e. The molecule has 0 saturated carbocycles. The lowest BCUT2D eigenvalue weighted by Crippen LogP contribution is -2.51. The van der Waals surface area contributed by atoms with Crippen molar-refractivity contribution in [3.63, 3.8) is 0 Å². The van der Waals surface area contributed by atoms with Crippen LogP contribution in [0.2, 0.25) is 0 Å². The van der Waals surface area contributed by atoms with Crippen molar-refractivity contribution in [1.29, 1.82) is 0 Å². The molecule has 2 aromatic carbocycles. The summed E-state index contributed by atoms with van der Waals surface area (Å²) in [6, 6.07) is 15.5. The van der Waals surface area contributed by atoms with Crippen LogP contribution < -0.4 is 10.1 Å². The fraction of sp³-hybridized carbons (Fsp3) is 0.333. The number of hydrogen-bond acceptors (Lipinski definition) is 4. The predicted molar refractivity (Wildman–Crippen MR) is 105 cm³/mol. The maximum absolute atomic E-state index is 12.5. The number of hydrogen-bond donors (Lipinski definition) is 1. The van der Waals surface area contributed by atoms with Crippen LogP contribution in [-0.4, -0.2) is 54.9 Å². The van der Waals surface area contributed by atoms with Crippen LogP contribution in [0.4, 0.5) is 5.69 Å². The Morgan fingerprint density at radius 3 is 2.70 bits per heavy atom. The number of aryl methyl sites for hydroxylation is 1. The molecule has 3 rings (SSSR count). The van der Waals surface area contributed by atoms with E-state index in [-0.39, 0.29) is 24.9 Å². The van der Waals surface area contributed by atoms with Gasteiger partial charge in [0.25, 0.3) is 0 Å². The Morgan fingerprint density at radius 2 is 1.96 bits per heavy atom. The first-order valence-corrected chi connectivity index (χ1v) is 9.03. The lowest BCUT2D eigenvalue weighted by molar-refractivity contribution is -0.137. The Bertz CT molecular complexity index is 822. The van der Waals surface area contributed by atoms with E-state index in [2.05, 4.69) is 11.4 Å². The maximum atomic E-state index is 12.5. The highest BCUT2D eigenvalue weighted by Crippen LogP contribution is 2.23. The number of ether oxygens (including phenoxy) is 1. The van der Waals surface area contributed by atoms with E-state index in [1.54, 1.807) is 19.2 Å². The van der Waals surface area contributed by atoms with E-state index in [4.69, 9.17) is 4.74 Å². The highest BCUT2D eigenvalue weighted by molar-refractivity contribution is 5.94. The molecule has 0 spiro atoms. The fourth-order valence-corrected chi connectivity index (χ4v) is 3.23. The fourth-order valence-electron chi connectivity index (χ4n) is 3.23. The summed E-state index contributed by atoms with van der Waals surface area (Å²) in [5.41, 5.74) is 2.95. The quantitative estimate of drug-likeness (QED) is 0.851. The van der Waals surface area contributed by atoms with Gasteiger partial charge in [0.05, 0.1) is 25.9 Å². The number of para-hydroxylation sites is 2. The number of methoxy groups -OCH3 is 1. The van der Waals surface area contributed by atoms with Gasteiger partial charge < -0.3 is 15.0 Å². The Morgan fingerprint density at radius 1 is 1.15 bits per heavy atom. The number of piperazine rings is 1. The lowest BCUT2D eigenvalue weighted by Gasteiger charge is -2.34. The number of nitrogens with one attached hydrogen (secondary N) is 1. The van der Waals surface area contributed by atoms with Crippen LogP contribution in [0.25, 0.3) is 0 Å². The van der Waals surface area contributed by atoms with E-state index in [1.165, 1.54) is 5.56 Å². The van der Waals surface area contributed by atoms with Crippen molar-refractivity contribution >= 4 is 17.5 Å². The van der Waals surface area contributed by atoms with Gasteiger partial charge in [-0.25, -0.2) is 0 Å². The molecule has 1 saturated heterocycles.